The lowest BCUT2D eigenvalue weighted by atomic mass is 9.99. The largest absolute Gasteiger partial charge is 0.497 e. The van der Waals surface area contributed by atoms with Crippen molar-refractivity contribution in [3.8, 4) is 11.5 Å². The van der Waals surface area contributed by atoms with Crippen molar-refractivity contribution in [1.29, 1.82) is 0 Å². The van der Waals surface area contributed by atoms with Crippen molar-refractivity contribution < 1.29 is 14.3 Å². The summed E-state index contributed by atoms with van der Waals surface area (Å²) in [6.45, 7) is 2.86. The molecular weight excluding hydrogens is 338 g/mol. The smallest absolute Gasteiger partial charge is 0.240 e. The van der Waals surface area contributed by atoms with Crippen molar-refractivity contribution in [3.63, 3.8) is 0 Å². The van der Waals surface area contributed by atoms with Gasteiger partial charge in [-0.3, -0.25) is 9.69 Å². The average molecular weight is 361 g/mol. The predicted molar refractivity (Wildman–Crippen MR) is 98.4 cm³/mol. The molecule has 0 bridgehead atoms. The maximum absolute atomic E-state index is 12.1. The first kappa shape index (κ1) is 17.7. The first-order valence-corrected chi connectivity index (χ1v) is 9.29. The standard InChI is InChI=1S/C18H23N3O3S/c1-23-15-5-2-6-16(10-15)24-13-14-4-3-8-21(11-14)12-17(22)20-18-19-7-9-25-18/h2,5-7,9-10,14H,3-4,8,11-13H2,1H3,(H,19,20,22)/t14-/m0/s1. The number of carbonyl (C=O) groups excluding carboxylic acids is 1. The molecule has 3 rings (SSSR count). The molecule has 6 nitrogen and oxygen atoms in total. The molecule has 0 saturated carbocycles. The third kappa shape index (κ3) is 5.44. The van der Waals surface area contributed by atoms with E-state index in [0.29, 0.717) is 24.2 Å². The van der Waals surface area contributed by atoms with E-state index in [1.807, 2.05) is 29.6 Å². The number of anilines is 1. The number of hydrogen-bond donors (Lipinski definition) is 1. The number of nitrogens with zero attached hydrogens (tertiary/aromatic N) is 2. The van der Waals surface area contributed by atoms with Crippen LogP contribution in [0, 0.1) is 5.92 Å². The molecule has 25 heavy (non-hydrogen) atoms. The van der Waals surface area contributed by atoms with Crippen LogP contribution in [0.3, 0.4) is 0 Å². The topological polar surface area (TPSA) is 63.7 Å². The Bertz CT molecular complexity index is 678. The number of methoxy groups -OCH3 is 1. The van der Waals surface area contributed by atoms with Crippen LogP contribution in [-0.2, 0) is 4.79 Å². The summed E-state index contributed by atoms with van der Waals surface area (Å²) in [5, 5.41) is 5.34. The lowest BCUT2D eigenvalue weighted by Gasteiger charge is -2.32. The number of piperidine rings is 1. The molecule has 1 saturated heterocycles. The first-order valence-electron chi connectivity index (χ1n) is 8.41. The van der Waals surface area contributed by atoms with Crippen molar-refractivity contribution in [2.24, 2.45) is 5.92 Å². The lowest BCUT2D eigenvalue weighted by molar-refractivity contribution is -0.117. The number of nitrogens with one attached hydrogen (secondary N) is 1. The molecule has 1 fully saturated rings. The Balaban J connectivity index is 1.45. The summed E-state index contributed by atoms with van der Waals surface area (Å²) >= 11 is 1.43. The van der Waals surface area contributed by atoms with Crippen molar-refractivity contribution in [2.45, 2.75) is 12.8 Å². The summed E-state index contributed by atoms with van der Waals surface area (Å²) in [6, 6.07) is 7.65. The van der Waals surface area contributed by atoms with E-state index in [4.69, 9.17) is 9.47 Å². The second kappa shape index (κ2) is 8.82. The lowest BCUT2D eigenvalue weighted by Crippen LogP contribution is -2.42. The van der Waals surface area contributed by atoms with Gasteiger partial charge in [-0.2, -0.15) is 0 Å². The monoisotopic (exact) mass is 361 g/mol. The molecular formula is C18H23N3O3S. The first-order chi connectivity index (χ1) is 12.2. The fraction of sp³-hybridized carbons (Fsp3) is 0.444. The van der Waals surface area contributed by atoms with Crippen molar-refractivity contribution in [3.05, 3.63) is 35.8 Å². The number of rotatable bonds is 7. The van der Waals surface area contributed by atoms with Gasteiger partial charge in [0.1, 0.15) is 11.5 Å². The number of aromatic nitrogens is 1. The summed E-state index contributed by atoms with van der Waals surface area (Å²) in [5.41, 5.74) is 0. The molecule has 1 aliphatic rings. The summed E-state index contributed by atoms with van der Waals surface area (Å²) < 4.78 is 11.1. The number of thiazole rings is 1. The minimum absolute atomic E-state index is 0.00989. The van der Waals surface area contributed by atoms with E-state index >= 15 is 0 Å². The van der Waals surface area contributed by atoms with Gasteiger partial charge in [-0.1, -0.05) is 6.07 Å². The third-order valence-electron chi connectivity index (χ3n) is 4.18. The summed E-state index contributed by atoms with van der Waals surface area (Å²) in [6.07, 6.45) is 3.89. The third-order valence-corrected chi connectivity index (χ3v) is 4.86. The van der Waals surface area contributed by atoms with Crippen LogP contribution < -0.4 is 14.8 Å². The van der Waals surface area contributed by atoms with Crippen LogP contribution in [0.2, 0.25) is 0 Å². The van der Waals surface area contributed by atoms with Crippen LogP contribution in [-0.4, -0.2) is 49.1 Å². The van der Waals surface area contributed by atoms with Crippen LogP contribution >= 0.6 is 11.3 Å². The van der Waals surface area contributed by atoms with Gasteiger partial charge in [0.15, 0.2) is 5.13 Å². The van der Waals surface area contributed by atoms with E-state index in [9.17, 15) is 4.79 Å². The van der Waals surface area contributed by atoms with Gasteiger partial charge in [-0.25, -0.2) is 4.98 Å². The number of hydrogen-bond acceptors (Lipinski definition) is 6. The summed E-state index contributed by atoms with van der Waals surface area (Å²) in [4.78, 5) is 18.4. The Kier molecular flexibility index (Phi) is 6.25. The van der Waals surface area contributed by atoms with Gasteiger partial charge in [0.05, 0.1) is 20.3 Å². The molecule has 0 aliphatic carbocycles. The second-order valence-corrected chi connectivity index (χ2v) is 7.01. The molecule has 134 valence electrons. The SMILES string of the molecule is COc1cccc(OC[C@H]2CCCN(CC(=O)Nc3nccs3)C2)c1. The number of likely N-dealkylation sites (tertiary alicyclic amines) is 1. The molecule has 1 N–H and O–H groups in total. The molecule has 2 heterocycles. The molecule has 0 unspecified atom stereocenters. The minimum Gasteiger partial charge on any atom is -0.497 e. The van der Waals surface area contributed by atoms with E-state index in [2.05, 4.69) is 15.2 Å². The molecule has 1 aliphatic heterocycles. The zero-order valence-electron chi connectivity index (χ0n) is 14.3. The summed E-state index contributed by atoms with van der Waals surface area (Å²) in [5.74, 6) is 2.02. The van der Waals surface area contributed by atoms with Crippen molar-refractivity contribution >= 4 is 22.4 Å². The molecule has 1 atom stereocenters. The summed E-state index contributed by atoms with van der Waals surface area (Å²) in [7, 11) is 1.65. The Hall–Kier alpha value is -2.12. The van der Waals surface area contributed by atoms with Crippen molar-refractivity contribution in [2.75, 3.05) is 38.7 Å². The van der Waals surface area contributed by atoms with Crippen LogP contribution in [0.15, 0.2) is 35.8 Å². The molecule has 0 radical (unpaired) electrons. The zero-order chi connectivity index (χ0) is 17.5. The van der Waals surface area contributed by atoms with Crippen molar-refractivity contribution in [1.82, 2.24) is 9.88 Å². The average Bonchev–Trinajstić information content (AvgIpc) is 3.13. The van der Waals surface area contributed by atoms with Gasteiger partial charge in [0.25, 0.3) is 0 Å². The maximum atomic E-state index is 12.1. The van der Waals surface area contributed by atoms with Gasteiger partial charge in [0.2, 0.25) is 5.91 Å². The van der Waals surface area contributed by atoms with E-state index < -0.39 is 0 Å². The Morgan fingerprint density at radius 2 is 2.32 bits per heavy atom. The fourth-order valence-corrected chi connectivity index (χ4v) is 3.53. The molecule has 7 heteroatoms. The Morgan fingerprint density at radius 1 is 1.44 bits per heavy atom. The molecule has 0 spiro atoms. The highest BCUT2D eigenvalue weighted by Gasteiger charge is 2.22. The van der Waals surface area contributed by atoms with E-state index in [-0.39, 0.29) is 5.91 Å². The number of benzene rings is 1. The minimum atomic E-state index is -0.00989. The van der Waals surface area contributed by atoms with E-state index in [1.54, 1.807) is 13.3 Å². The molecule has 1 amide bonds. The molecule has 1 aromatic carbocycles. The number of amides is 1. The molecule has 1 aromatic heterocycles. The van der Waals surface area contributed by atoms with Crippen LogP contribution in [0.4, 0.5) is 5.13 Å². The number of carbonyl (C=O) groups is 1. The predicted octanol–water partition coefficient (Wildman–Crippen LogP) is 2.88. The highest BCUT2D eigenvalue weighted by Crippen LogP contribution is 2.22. The van der Waals surface area contributed by atoms with Crippen LogP contribution in [0.1, 0.15) is 12.8 Å². The van der Waals surface area contributed by atoms with Gasteiger partial charge in [-0.15, -0.1) is 11.3 Å². The van der Waals surface area contributed by atoms with Gasteiger partial charge >= 0.3 is 0 Å². The van der Waals surface area contributed by atoms with Gasteiger partial charge < -0.3 is 14.8 Å². The quantitative estimate of drug-likeness (QED) is 0.822. The Labute approximate surface area is 151 Å². The highest BCUT2D eigenvalue weighted by molar-refractivity contribution is 7.13. The van der Waals surface area contributed by atoms with Gasteiger partial charge in [0, 0.05) is 30.1 Å². The van der Waals surface area contributed by atoms with E-state index in [0.717, 1.165) is 37.4 Å². The van der Waals surface area contributed by atoms with E-state index in [1.165, 1.54) is 11.3 Å². The zero-order valence-corrected chi connectivity index (χ0v) is 15.1. The fourth-order valence-electron chi connectivity index (χ4n) is 2.98. The second-order valence-electron chi connectivity index (χ2n) is 6.12. The van der Waals surface area contributed by atoms with Crippen LogP contribution in [0.5, 0.6) is 11.5 Å². The normalized spacial score (nSPS) is 17.9. The maximum Gasteiger partial charge on any atom is 0.240 e. The number of ether oxygens (including phenoxy) is 2. The van der Waals surface area contributed by atoms with Gasteiger partial charge in [-0.05, 0) is 31.5 Å². The van der Waals surface area contributed by atoms with Crippen LogP contribution in [0.25, 0.3) is 0 Å². The molecule has 2 aromatic rings. The Morgan fingerprint density at radius 3 is 3.12 bits per heavy atom. The highest BCUT2D eigenvalue weighted by atomic mass is 32.1.